The van der Waals surface area contributed by atoms with Gasteiger partial charge in [0, 0.05) is 28.1 Å². The molecule has 33 heavy (non-hydrogen) atoms. The Morgan fingerprint density at radius 3 is 2.30 bits per heavy atom. The number of carbonyl (C=O) groups is 1. The van der Waals surface area contributed by atoms with E-state index in [1.807, 2.05) is 77.4 Å². The molecule has 0 fully saturated rings. The van der Waals surface area contributed by atoms with E-state index in [0.29, 0.717) is 23.3 Å². The highest BCUT2D eigenvalue weighted by molar-refractivity contribution is 8.13. The molecule has 0 saturated carbocycles. The molecule has 164 valence electrons. The molecule has 1 amide bonds. The summed E-state index contributed by atoms with van der Waals surface area (Å²) in [5.41, 5.74) is 2.52. The van der Waals surface area contributed by atoms with Crippen LogP contribution in [0, 0.1) is 0 Å². The van der Waals surface area contributed by atoms with Crippen molar-refractivity contribution in [1.29, 1.82) is 0 Å². The third-order valence-electron chi connectivity index (χ3n) is 5.17. The quantitative estimate of drug-likeness (QED) is 0.239. The topological polar surface area (TPSA) is 60.2 Å². The van der Waals surface area contributed by atoms with Crippen LogP contribution in [0.2, 0.25) is 0 Å². The molecule has 5 rings (SSSR count). The first-order valence-corrected chi connectivity index (χ1v) is 11.9. The predicted molar refractivity (Wildman–Crippen MR) is 133 cm³/mol. The lowest BCUT2D eigenvalue weighted by Gasteiger charge is -2.30. The first kappa shape index (κ1) is 21.4. The lowest BCUT2D eigenvalue weighted by molar-refractivity contribution is 0.266. The second-order valence-electron chi connectivity index (χ2n) is 7.15. The van der Waals surface area contributed by atoms with Gasteiger partial charge in [0.25, 0.3) is 5.24 Å². The highest BCUT2D eigenvalue weighted by Gasteiger charge is 2.30. The lowest BCUT2D eigenvalue weighted by Crippen LogP contribution is -2.25. The van der Waals surface area contributed by atoms with E-state index in [1.54, 1.807) is 29.8 Å². The summed E-state index contributed by atoms with van der Waals surface area (Å²) in [6.07, 6.45) is 1.76. The number of fused-ring (bicyclic) bond motifs is 2. The van der Waals surface area contributed by atoms with Crippen molar-refractivity contribution in [3.63, 3.8) is 0 Å². The number of allylic oxidation sites excluding steroid dienone is 1. The number of amides is 1. The number of ether oxygens (including phenoxy) is 1. The zero-order valence-corrected chi connectivity index (χ0v) is 19.5. The van der Waals surface area contributed by atoms with Crippen LogP contribution in [0.1, 0.15) is 0 Å². The molecule has 0 atom stereocenters. The molecule has 4 aromatic rings. The van der Waals surface area contributed by atoms with E-state index in [1.165, 1.54) is 0 Å². The minimum Gasteiger partial charge on any atom is -0.496 e. The molecule has 2 heterocycles. The summed E-state index contributed by atoms with van der Waals surface area (Å²) in [6, 6.07) is 23.5. The number of methoxy groups -OCH3 is 1. The number of hydrogen-bond acceptors (Lipinski definition) is 6. The van der Waals surface area contributed by atoms with E-state index < -0.39 is 0 Å². The maximum atomic E-state index is 13.7. The Morgan fingerprint density at radius 2 is 1.64 bits per heavy atom. The second kappa shape index (κ2) is 9.17. The van der Waals surface area contributed by atoms with Crippen LogP contribution in [0.3, 0.4) is 0 Å². The summed E-state index contributed by atoms with van der Waals surface area (Å²) in [4.78, 5) is 17.5. The lowest BCUT2D eigenvalue weighted by atomic mass is 10.2. The van der Waals surface area contributed by atoms with Crippen LogP contribution in [0.5, 0.6) is 5.75 Å². The number of nitrogens with zero attached hydrogens (tertiary/aromatic N) is 4. The summed E-state index contributed by atoms with van der Waals surface area (Å²) >= 11 is 2.71. The first-order valence-electron chi connectivity index (χ1n) is 10.3. The maximum Gasteiger partial charge on any atom is 0.298 e. The minimum absolute atomic E-state index is 0.153. The summed E-state index contributed by atoms with van der Waals surface area (Å²) in [5.74, 6) is 1.31. The van der Waals surface area contributed by atoms with E-state index in [-0.39, 0.29) is 5.24 Å². The number of para-hydroxylation sites is 3. The molecule has 0 aliphatic carbocycles. The van der Waals surface area contributed by atoms with Crippen LogP contribution in [0.25, 0.3) is 11.4 Å². The fraction of sp³-hybridized carbons (Fsp3) is 0.0800. The maximum absolute atomic E-state index is 13.7. The van der Waals surface area contributed by atoms with Gasteiger partial charge in [-0.05, 0) is 36.4 Å². The van der Waals surface area contributed by atoms with Crippen LogP contribution in [-0.4, -0.2) is 27.1 Å². The fourth-order valence-corrected chi connectivity index (χ4v) is 5.57. The van der Waals surface area contributed by atoms with Gasteiger partial charge in [-0.1, -0.05) is 54.2 Å². The van der Waals surface area contributed by atoms with Gasteiger partial charge in [-0.25, -0.2) is 0 Å². The molecule has 1 aromatic heterocycles. The molecule has 1 aliphatic heterocycles. The van der Waals surface area contributed by atoms with Gasteiger partial charge in [0.05, 0.1) is 24.0 Å². The Kier molecular flexibility index (Phi) is 5.93. The smallest absolute Gasteiger partial charge is 0.298 e. The van der Waals surface area contributed by atoms with E-state index in [0.717, 1.165) is 38.5 Å². The number of aromatic nitrogens is 3. The van der Waals surface area contributed by atoms with Crippen molar-refractivity contribution in [3.8, 4) is 17.1 Å². The van der Waals surface area contributed by atoms with Crippen molar-refractivity contribution in [2.24, 2.45) is 0 Å². The number of carbonyl (C=O) groups excluding carboxylic acids is 1. The average molecular weight is 473 g/mol. The van der Waals surface area contributed by atoms with Gasteiger partial charge in [0.2, 0.25) is 5.16 Å². The van der Waals surface area contributed by atoms with Gasteiger partial charge in [0.1, 0.15) is 5.75 Å². The molecule has 0 N–H and O–H groups in total. The van der Waals surface area contributed by atoms with Crippen LogP contribution < -0.4 is 9.64 Å². The van der Waals surface area contributed by atoms with Gasteiger partial charge in [-0.15, -0.1) is 16.8 Å². The Bertz CT molecular complexity index is 1310. The minimum atomic E-state index is -0.153. The van der Waals surface area contributed by atoms with Crippen LogP contribution in [-0.2, 0) is 6.54 Å². The van der Waals surface area contributed by atoms with Gasteiger partial charge in [-0.2, -0.15) is 0 Å². The zero-order chi connectivity index (χ0) is 22.8. The highest BCUT2D eigenvalue weighted by atomic mass is 32.2. The largest absolute Gasteiger partial charge is 0.496 e. The Labute approximate surface area is 200 Å². The van der Waals surface area contributed by atoms with Gasteiger partial charge in [-0.3, -0.25) is 14.3 Å². The second-order valence-corrected chi connectivity index (χ2v) is 9.15. The van der Waals surface area contributed by atoms with Crippen molar-refractivity contribution < 1.29 is 9.53 Å². The molecule has 1 aliphatic rings. The normalized spacial score (nSPS) is 12.1. The van der Waals surface area contributed by atoms with E-state index in [9.17, 15) is 4.79 Å². The molecule has 0 radical (unpaired) electrons. The Morgan fingerprint density at radius 1 is 1.00 bits per heavy atom. The molecule has 0 spiro atoms. The summed E-state index contributed by atoms with van der Waals surface area (Å²) in [7, 11) is 1.62. The SMILES string of the molecule is C=CCn1c(SC(=O)N2c3ccccc3Sc3ccccc32)nnc1-c1ccccc1OC. The van der Waals surface area contributed by atoms with Gasteiger partial charge < -0.3 is 4.74 Å². The van der Waals surface area contributed by atoms with Crippen molar-refractivity contribution >= 4 is 40.1 Å². The summed E-state index contributed by atoms with van der Waals surface area (Å²) in [6.45, 7) is 4.32. The van der Waals surface area contributed by atoms with Crippen LogP contribution in [0.15, 0.2) is 100 Å². The molecule has 0 bridgehead atoms. The molecular weight excluding hydrogens is 452 g/mol. The zero-order valence-electron chi connectivity index (χ0n) is 17.8. The predicted octanol–water partition coefficient (Wildman–Crippen LogP) is 6.65. The molecule has 6 nitrogen and oxygen atoms in total. The van der Waals surface area contributed by atoms with Crippen molar-refractivity contribution in [2.75, 3.05) is 12.0 Å². The standard InChI is InChI=1S/C25H20N4O2S2/c1-3-16-28-23(17-10-4-7-13-20(17)31-2)26-27-24(28)33-25(30)29-18-11-5-8-14-21(18)32-22-15-9-6-12-19(22)29/h3-15H,1,16H2,2H3. The van der Waals surface area contributed by atoms with E-state index >= 15 is 0 Å². The third kappa shape index (κ3) is 3.92. The van der Waals surface area contributed by atoms with Gasteiger partial charge >= 0.3 is 0 Å². The van der Waals surface area contributed by atoms with Crippen molar-refractivity contribution in [1.82, 2.24) is 14.8 Å². The number of rotatable bonds is 5. The van der Waals surface area contributed by atoms with E-state index in [2.05, 4.69) is 16.8 Å². The highest BCUT2D eigenvalue weighted by Crippen LogP contribution is 2.49. The molecule has 0 unspecified atom stereocenters. The van der Waals surface area contributed by atoms with Crippen LogP contribution >= 0.6 is 23.5 Å². The Balaban J connectivity index is 1.54. The number of thioether (sulfide) groups is 1. The number of hydrogen-bond donors (Lipinski definition) is 0. The van der Waals surface area contributed by atoms with Gasteiger partial charge in [0.15, 0.2) is 5.82 Å². The number of benzene rings is 3. The molecule has 0 saturated heterocycles. The first-order chi connectivity index (χ1) is 16.2. The third-order valence-corrected chi connectivity index (χ3v) is 7.14. The molecule has 3 aromatic carbocycles. The van der Waals surface area contributed by atoms with Crippen LogP contribution in [0.4, 0.5) is 16.2 Å². The fourth-order valence-electron chi connectivity index (χ4n) is 3.71. The monoisotopic (exact) mass is 472 g/mol. The average Bonchev–Trinajstić information content (AvgIpc) is 3.24. The number of anilines is 2. The molecular formula is C25H20N4O2S2. The Hall–Kier alpha value is -3.49. The van der Waals surface area contributed by atoms with Crippen molar-refractivity contribution in [3.05, 3.63) is 85.5 Å². The molecule has 8 heteroatoms. The summed E-state index contributed by atoms with van der Waals surface area (Å²) in [5, 5.41) is 9.08. The van der Waals surface area contributed by atoms with Crippen molar-refractivity contribution in [2.45, 2.75) is 21.5 Å². The van der Waals surface area contributed by atoms with E-state index in [4.69, 9.17) is 4.74 Å². The summed E-state index contributed by atoms with van der Waals surface area (Å²) < 4.78 is 7.38.